The Morgan fingerprint density at radius 2 is 1.37 bits per heavy atom. The number of rotatable bonds is 8. The van der Waals surface area contributed by atoms with Crippen molar-refractivity contribution in [2.45, 2.75) is 17.4 Å². The fourth-order valence-electron chi connectivity index (χ4n) is 7.14. The van der Waals surface area contributed by atoms with E-state index < -0.39 is 23.4 Å². The summed E-state index contributed by atoms with van der Waals surface area (Å²) in [5, 5.41) is 20.5. The van der Waals surface area contributed by atoms with Crippen molar-refractivity contribution in [3.05, 3.63) is 125 Å². The first-order chi connectivity index (χ1) is 20.0. The lowest BCUT2D eigenvalue weighted by atomic mass is 9.47. The average molecular weight is 548 g/mol. The summed E-state index contributed by atoms with van der Waals surface area (Å²) in [5.41, 5.74) is 3.52. The van der Waals surface area contributed by atoms with Crippen molar-refractivity contribution < 1.29 is 29.3 Å². The number of aromatic hydroxyl groups is 1. The summed E-state index contributed by atoms with van der Waals surface area (Å²) < 4.78 is 12.0. The Balaban J connectivity index is 1.26. The number of ether oxygens (including phenoxy) is 2. The zero-order chi connectivity index (χ0) is 28.1. The molecule has 1 saturated heterocycles. The number of aliphatic hydroxyl groups excluding tert-OH is 1. The van der Waals surface area contributed by atoms with E-state index in [9.17, 15) is 19.8 Å². The number of para-hydroxylation sites is 1. The maximum Gasteiger partial charge on any atom is 0.239 e. The third-order valence-corrected chi connectivity index (χ3v) is 8.73. The smallest absolute Gasteiger partial charge is 0.239 e. The van der Waals surface area contributed by atoms with E-state index in [0.29, 0.717) is 11.4 Å². The van der Waals surface area contributed by atoms with Crippen LogP contribution in [0.15, 0.2) is 103 Å². The lowest BCUT2D eigenvalue weighted by molar-refractivity contribution is -0.125. The van der Waals surface area contributed by atoms with E-state index in [1.807, 2.05) is 78.9 Å². The normalized spacial score (nSPS) is 24.5. The van der Waals surface area contributed by atoms with Gasteiger partial charge >= 0.3 is 0 Å². The number of aliphatic hydroxyl groups is 1. The average Bonchev–Trinajstić information content (AvgIpc) is 3.28. The maximum atomic E-state index is 14.3. The molecule has 1 heterocycles. The van der Waals surface area contributed by atoms with Gasteiger partial charge in [-0.2, -0.15) is 0 Å². The fraction of sp³-hybridized carbons (Fsp3) is 0.235. The first-order valence-corrected chi connectivity index (χ1v) is 13.8. The molecule has 206 valence electrons. The summed E-state index contributed by atoms with van der Waals surface area (Å²) >= 11 is 0. The van der Waals surface area contributed by atoms with Gasteiger partial charge in [0.1, 0.15) is 24.2 Å². The standard InChI is InChI=1S/C34H29NO6/c36-22-16-14-21(15-17-22)35-32(38)30-29-25-10-4-6-12-27(25)34(31(30)33(35)39,28-13-7-5-11-26(28)29)20-40-18-23(37)19-41-24-8-2-1-3-9-24/h1-17,23,29-31,36-37H,18-20H2. The van der Waals surface area contributed by atoms with Gasteiger partial charge in [-0.3, -0.25) is 9.59 Å². The number of carbonyl (C=O) groups is 2. The van der Waals surface area contributed by atoms with E-state index in [-0.39, 0.29) is 43.3 Å². The number of hydrogen-bond acceptors (Lipinski definition) is 6. The van der Waals surface area contributed by atoms with Crippen molar-refractivity contribution in [2.75, 3.05) is 24.7 Å². The van der Waals surface area contributed by atoms with Gasteiger partial charge in [-0.15, -0.1) is 0 Å². The van der Waals surface area contributed by atoms with Crippen molar-refractivity contribution >= 4 is 17.5 Å². The third-order valence-electron chi connectivity index (χ3n) is 8.73. The van der Waals surface area contributed by atoms with Crippen LogP contribution in [0.4, 0.5) is 5.69 Å². The number of amides is 2. The molecule has 1 aliphatic heterocycles. The Morgan fingerprint density at radius 3 is 2.02 bits per heavy atom. The molecule has 41 heavy (non-hydrogen) atoms. The molecule has 4 aromatic rings. The topological polar surface area (TPSA) is 96.3 Å². The second-order valence-corrected chi connectivity index (χ2v) is 10.9. The highest BCUT2D eigenvalue weighted by atomic mass is 16.5. The van der Waals surface area contributed by atoms with Gasteiger partial charge in [0.05, 0.1) is 36.2 Å². The van der Waals surface area contributed by atoms with Crippen molar-refractivity contribution in [2.24, 2.45) is 11.8 Å². The summed E-state index contributed by atoms with van der Waals surface area (Å²) in [4.78, 5) is 29.7. The highest BCUT2D eigenvalue weighted by Gasteiger charge is 2.68. The molecular weight excluding hydrogens is 518 g/mol. The predicted molar refractivity (Wildman–Crippen MR) is 152 cm³/mol. The molecule has 3 unspecified atom stereocenters. The molecule has 3 aliphatic carbocycles. The second-order valence-electron chi connectivity index (χ2n) is 10.9. The monoisotopic (exact) mass is 547 g/mol. The van der Waals surface area contributed by atoms with Gasteiger partial charge < -0.3 is 19.7 Å². The molecular formula is C34H29NO6. The van der Waals surface area contributed by atoms with Crippen molar-refractivity contribution in [3.8, 4) is 11.5 Å². The van der Waals surface area contributed by atoms with Gasteiger partial charge in [-0.05, 0) is 58.7 Å². The molecule has 2 bridgehead atoms. The maximum absolute atomic E-state index is 14.3. The van der Waals surface area contributed by atoms with Crippen LogP contribution in [0.5, 0.6) is 11.5 Å². The fourth-order valence-corrected chi connectivity index (χ4v) is 7.14. The van der Waals surface area contributed by atoms with Crippen molar-refractivity contribution in [3.63, 3.8) is 0 Å². The van der Waals surface area contributed by atoms with Crippen LogP contribution in [-0.2, 0) is 19.7 Å². The summed E-state index contributed by atoms with van der Waals surface area (Å²) in [6, 6.07) is 31.4. The van der Waals surface area contributed by atoms with Crippen LogP contribution in [0.1, 0.15) is 28.2 Å². The van der Waals surface area contributed by atoms with Crippen molar-refractivity contribution in [1.82, 2.24) is 0 Å². The third kappa shape index (κ3) is 3.88. The van der Waals surface area contributed by atoms with Gasteiger partial charge in [0.25, 0.3) is 0 Å². The molecule has 4 aromatic carbocycles. The van der Waals surface area contributed by atoms with Crippen LogP contribution >= 0.6 is 0 Å². The zero-order valence-electron chi connectivity index (χ0n) is 22.2. The Bertz CT molecular complexity index is 1570. The zero-order valence-corrected chi connectivity index (χ0v) is 22.2. The molecule has 2 amide bonds. The van der Waals surface area contributed by atoms with E-state index in [2.05, 4.69) is 0 Å². The molecule has 0 spiro atoms. The van der Waals surface area contributed by atoms with Crippen LogP contribution in [-0.4, -0.2) is 48.0 Å². The number of anilines is 1. The minimum atomic E-state index is -0.926. The summed E-state index contributed by atoms with van der Waals surface area (Å²) in [5.74, 6) is -1.36. The van der Waals surface area contributed by atoms with E-state index in [0.717, 1.165) is 22.3 Å². The number of phenolic OH excluding ortho intramolecular Hbond substituents is 1. The quantitative estimate of drug-likeness (QED) is 0.318. The molecule has 0 radical (unpaired) electrons. The van der Waals surface area contributed by atoms with Crippen molar-refractivity contribution in [1.29, 1.82) is 0 Å². The van der Waals surface area contributed by atoms with Gasteiger partial charge in [0, 0.05) is 5.92 Å². The largest absolute Gasteiger partial charge is 0.508 e. The number of phenols is 1. The van der Waals surface area contributed by atoms with E-state index in [4.69, 9.17) is 9.47 Å². The van der Waals surface area contributed by atoms with E-state index >= 15 is 0 Å². The summed E-state index contributed by atoms with van der Waals surface area (Å²) in [7, 11) is 0. The molecule has 3 atom stereocenters. The van der Waals surface area contributed by atoms with Crippen LogP contribution in [0, 0.1) is 11.8 Å². The number of carbonyl (C=O) groups excluding carboxylic acids is 2. The lowest BCUT2D eigenvalue weighted by Crippen LogP contribution is -2.56. The number of imide groups is 1. The van der Waals surface area contributed by atoms with Gasteiger partial charge in [-0.1, -0.05) is 66.7 Å². The predicted octanol–water partition coefficient (Wildman–Crippen LogP) is 4.40. The van der Waals surface area contributed by atoms with Gasteiger partial charge in [0.2, 0.25) is 11.8 Å². The number of hydrogen-bond donors (Lipinski definition) is 2. The van der Waals surface area contributed by atoms with E-state index in [1.54, 1.807) is 12.1 Å². The first kappa shape index (κ1) is 25.5. The molecule has 1 fully saturated rings. The summed E-state index contributed by atoms with van der Waals surface area (Å²) in [6.45, 7) is 0.174. The Kier molecular flexibility index (Phi) is 6.14. The summed E-state index contributed by atoms with van der Waals surface area (Å²) in [6.07, 6.45) is -0.887. The van der Waals surface area contributed by atoms with Crippen LogP contribution in [0.3, 0.4) is 0 Å². The van der Waals surface area contributed by atoms with E-state index in [1.165, 1.54) is 17.0 Å². The molecule has 8 rings (SSSR count). The van der Waals surface area contributed by atoms with Gasteiger partial charge in [0.15, 0.2) is 0 Å². The minimum absolute atomic E-state index is 0.00352. The number of nitrogens with zero attached hydrogens (tertiary/aromatic N) is 1. The SMILES string of the molecule is O=C1C2C3c4ccccc4C(COCC(O)COc4ccccc4)(c4ccccc43)C2C(=O)N1c1ccc(O)cc1. The highest BCUT2D eigenvalue weighted by Crippen LogP contribution is 2.64. The molecule has 0 aromatic heterocycles. The van der Waals surface area contributed by atoms with Crippen LogP contribution in [0.2, 0.25) is 0 Å². The first-order valence-electron chi connectivity index (χ1n) is 13.8. The molecule has 7 heteroatoms. The van der Waals surface area contributed by atoms with Crippen LogP contribution in [0.25, 0.3) is 0 Å². The molecule has 0 saturated carbocycles. The highest BCUT2D eigenvalue weighted by molar-refractivity contribution is 6.23. The number of benzene rings is 4. The van der Waals surface area contributed by atoms with Crippen LogP contribution < -0.4 is 9.64 Å². The molecule has 4 aliphatic rings. The molecule has 2 N–H and O–H groups in total. The Morgan fingerprint density at radius 1 is 0.756 bits per heavy atom. The second kappa shape index (κ2) is 9.87. The van der Waals surface area contributed by atoms with Gasteiger partial charge in [-0.25, -0.2) is 4.90 Å². The minimum Gasteiger partial charge on any atom is -0.508 e. The Labute approximate surface area is 237 Å². The molecule has 7 nitrogen and oxygen atoms in total. The Hall–Kier alpha value is -4.46. The lowest BCUT2D eigenvalue weighted by Gasteiger charge is -2.54.